The molecule has 1 aliphatic carbocycles. The Labute approximate surface area is 62.1 Å². The van der Waals surface area contributed by atoms with Gasteiger partial charge in [0.05, 0.1) is 0 Å². The number of carbonyl (C=O) groups is 1. The number of Topliss-reactive ketones (excluding diaryl/α,β-unsaturated/α-hetero) is 1. The fraction of sp³-hybridized carbons (Fsp3) is 0.667. The summed E-state index contributed by atoms with van der Waals surface area (Å²) in [5.74, 6) is 0.316. The lowest BCUT2D eigenvalue weighted by Gasteiger charge is -2.26. The van der Waals surface area contributed by atoms with Crippen LogP contribution in [0.25, 0.3) is 0 Å². The molecule has 10 heavy (non-hydrogen) atoms. The molecule has 0 N–H and O–H groups in total. The minimum atomic E-state index is 0.205. The number of hydrogen-bond donors (Lipinski definition) is 0. The summed E-state index contributed by atoms with van der Waals surface area (Å²) < 4.78 is 0. The van der Waals surface area contributed by atoms with Crippen molar-refractivity contribution in [1.82, 2.24) is 0 Å². The maximum absolute atomic E-state index is 11.1. The minimum Gasteiger partial charge on any atom is -0.295 e. The molecule has 1 aliphatic rings. The van der Waals surface area contributed by atoms with E-state index in [1.165, 1.54) is 0 Å². The van der Waals surface area contributed by atoms with Gasteiger partial charge in [0.1, 0.15) is 0 Å². The van der Waals surface area contributed by atoms with E-state index in [1.54, 1.807) is 0 Å². The van der Waals surface area contributed by atoms with Gasteiger partial charge in [0.2, 0.25) is 0 Å². The third-order valence-electron chi connectivity index (χ3n) is 2.04. The van der Waals surface area contributed by atoms with Gasteiger partial charge < -0.3 is 0 Å². The average molecular weight is 138 g/mol. The van der Waals surface area contributed by atoms with Crippen molar-refractivity contribution in [3.05, 3.63) is 11.6 Å². The van der Waals surface area contributed by atoms with Gasteiger partial charge >= 0.3 is 0 Å². The van der Waals surface area contributed by atoms with E-state index in [2.05, 4.69) is 13.8 Å². The molecule has 0 radical (unpaired) electrons. The number of rotatable bonds is 0. The van der Waals surface area contributed by atoms with Crippen molar-refractivity contribution in [1.29, 1.82) is 0 Å². The Morgan fingerprint density at radius 2 is 2.10 bits per heavy atom. The summed E-state index contributed by atoms with van der Waals surface area (Å²) in [6, 6.07) is 0. The Morgan fingerprint density at radius 3 is 2.50 bits per heavy atom. The Bertz CT molecular complexity index is 187. The van der Waals surface area contributed by atoms with Crippen LogP contribution in [0, 0.1) is 5.41 Å². The lowest BCUT2D eigenvalue weighted by atomic mass is 9.78. The lowest BCUT2D eigenvalue weighted by Crippen LogP contribution is -2.21. The molecule has 0 bridgehead atoms. The first-order valence-electron chi connectivity index (χ1n) is 3.71. The van der Waals surface area contributed by atoms with Crippen LogP contribution in [0.5, 0.6) is 0 Å². The smallest absolute Gasteiger partial charge is 0.158 e. The SMILES string of the molecule is CC1=CCC(C)(C)CC1=O. The normalized spacial score (nSPS) is 24.3. The van der Waals surface area contributed by atoms with Crippen LogP contribution in [0.3, 0.4) is 0 Å². The van der Waals surface area contributed by atoms with Crippen LogP contribution in [0.15, 0.2) is 11.6 Å². The summed E-state index contributed by atoms with van der Waals surface area (Å²) in [5.41, 5.74) is 1.15. The number of carbonyl (C=O) groups excluding carboxylic acids is 1. The summed E-state index contributed by atoms with van der Waals surface area (Å²) in [6.45, 7) is 6.17. The van der Waals surface area contributed by atoms with Crippen molar-refractivity contribution in [2.24, 2.45) is 5.41 Å². The van der Waals surface area contributed by atoms with Crippen molar-refractivity contribution in [2.75, 3.05) is 0 Å². The van der Waals surface area contributed by atoms with E-state index >= 15 is 0 Å². The highest BCUT2D eigenvalue weighted by atomic mass is 16.1. The largest absolute Gasteiger partial charge is 0.295 e. The van der Waals surface area contributed by atoms with Crippen LogP contribution >= 0.6 is 0 Å². The third kappa shape index (κ3) is 1.47. The van der Waals surface area contributed by atoms with Gasteiger partial charge in [-0.1, -0.05) is 19.9 Å². The molecule has 0 unspecified atom stereocenters. The fourth-order valence-electron chi connectivity index (χ4n) is 1.19. The van der Waals surface area contributed by atoms with E-state index < -0.39 is 0 Å². The van der Waals surface area contributed by atoms with E-state index in [9.17, 15) is 4.79 Å². The zero-order valence-electron chi connectivity index (χ0n) is 6.90. The van der Waals surface area contributed by atoms with Gasteiger partial charge in [0, 0.05) is 6.42 Å². The molecule has 0 aromatic heterocycles. The van der Waals surface area contributed by atoms with Gasteiger partial charge in [-0.2, -0.15) is 0 Å². The first-order valence-corrected chi connectivity index (χ1v) is 3.71. The second-order valence-corrected chi connectivity index (χ2v) is 3.86. The molecule has 56 valence electrons. The second kappa shape index (κ2) is 2.22. The first kappa shape index (κ1) is 7.52. The molecule has 1 rings (SSSR count). The fourth-order valence-corrected chi connectivity index (χ4v) is 1.19. The standard InChI is InChI=1S/C9H14O/c1-7-4-5-9(2,3)6-8(7)10/h4H,5-6H2,1-3H3. The molecular weight excluding hydrogens is 124 g/mol. The van der Waals surface area contributed by atoms with E-state index in [0.717, 1.165) is 18.4 Å². The summed E-state index contributed by atoms with van der Waals surface area (Å²) >= 11 is 0. The molecule has 0 heterocycles. The molecule has 0 fully saturated rings. The molecule has 0 aromatic carbocycles. The van der Waals surface area contributed by atoms with Crippen LogP contribution in [0.2, 0.25) is 0 Å². The molecule has 0 saturated heterocycles. The van der Waals surface area contributed by atoms with E-state index in [0.29, 0.717) is 5.78 Å². The molecule has 1 heteroatoms. The van der Waals surface area contributed by atoms with Crippen molar-refractivity contribution >= 4 is 5.78 Å². The highest BCUT2D eigenvalue weighted by molar-refractivity contribution is 5.95. The highest BCUT2D eigenvalue weighted by Crippen LogP contribution is 2.31. The van der Waals surface area contributed by atoms with Crippen molar-refractivity contribution < 1.29 is 4.79 Å². The zero-order chi connectivity index (χ0) is 7.78. The second-order valence-electron chi connectivity index (χ2n) is 3.86. The highest BCUT2D eigenvalue weighted by Gasteiger charge is 2.25. The first-order chi connectivity index (χ1) is 4.51. The Hall–Kier alpha value is -0.590. The number of allylic oxidation sites excluding steroid dienone is 2. The monoisotopic (exact) mass is 138 g/mol. The van der Waals surface area contributed by atoms with Gasteiger partial charge in [-0.05, 0) is 24.3 Å². The van der Waals surface area contributed by atoms with Crippen LogP contribution in [0.1, 0.15) is 33.6 Å². The summed E-state index contributed by atoms with van der Waals surface area (Å²) in [6.07, 6.45) is 3.81. The summed E-state index contributed by atoms with van der Waals surface area (Å²) in [5, 5.41) is 0. The maximum Gasteiger partial charge on any atom is 0.158 e. The van der Waals surface area contributed by atoms with Gasteiger partial charge in [-0.15, -0.1) is 0 Å². The molecule has 0 atom stereocenters. The summed E-state index contributed by atoms with van der Waals surface area (Å²) in [4.78, 5) is 11.1. The number of hydrogen-bond acceptors (Lipinski definition) is 1. The lowest BCUT2D eigenvalue weighted by molar-refractivity contribution is -0.117. The maximum atomic E-state index is 11.1. The van der Waals surface area contributed by atoms with E-state index in [1.807, 2.05) is 13.0 Å². The average Bonchev–Trinajstić information content (AvgIpc) is 1.79. The number of ketones is 1. The summed E-state index contributed by atoms with van der Waals surface area (Å²) in [7, 11) is 0. The zero-order valence-corrected chi connectivity index (χ0v) is 6.90. The Kier molecular flexibility index (Phi) is 1.67. The predicted molar refractivity (Wildman–Crippen MR) is 41.8 cm³/mol. The minimum absolute atomic E-state index is 0.205. The van der Waals surface area contributed by atoms with Gasteiger partial charge in [-0.3, -0.25) is 4.79 Å². The van der Waals surface area contributed by atoms with Crippen LogP contribution in [-0.4, -0.2) is 5.78 Å². The Balaban J connectivity index is 2.79. The molecule has 0 aromatic rings. The molecule has 0 amide bonds. The van der Waals surface area contributed by atoms with Crippen LogP contribution in [0.4, 0.5) is 0 Å². The molecule has 1 nitrogen and oxygen atoms in total. The van der Waals surface area contributed by atoms with E-state index in [4.69, 9.17) is 0 Å². The molecule has 0 aliphatic heterocycles. The van der Waals surface area contributed by atoms with Gasteiger partial charge in [0.25, 0.3) is 0 Å². The third-order valence-corrected chi connectivity index (χ3v) is 2.04. The van der Waals surface area contributed by atoms with Crippen molar-refractivity contribution in [3.8, 4) is 0 Å². The quantitative estimate of drug-likeness (QED) is 0.502. The molecular formula is C9H14O. The van der Waals surface area contributed by atoms with Crippen molar-refractivity contribution in [3.63, 3.8) is 0 Å². The van der Waals surface area contributed by atoms with Crippen LogP contribution < -0.4 is 0 Å². The Morgan fingerprint density at radius 1 is 1.50 bits per heavy atom. The topological polar surface area (TPSA) is 17.1 Å². The van der Waals surface area contributed by atoms with Crippen molar-refractivity contribution in [2.45, 2.75) is 33.6 Å². The predicted octanol–water partition coefficient (Wildman–Crippen LogP) is 2.32. The van der Waals surface area contributed by atoms with Gasteiger partial charge in [-0.25, -0.2) is 0 Å². The molecule has 0 spiro atoms. The van der Waals surface area contributed by atoms with Gasteiger partial charge in [0.15, 0.2) is 5.78 Å². The molecule has 0 saturated carbocycles. The van der Waals surface area contributed by atoms with Crippen LogP contribution in [-0.2, 0) is 4.79 Å². The van der Waals surface area contributed by atoms with E-state index in [-0.39, 0.29) is 5.41 Å².